The molecule has 0 radical (unpaired) electrons. The van der Waals surface area contributed by atoms with Crippen LogP contribution in [0.2, 0.25) is 0 Å². The Balaban J connectivity index is 1.87. The standard InChI is InChI=1S/C21H19N3O/c22-15-10-12-16(13-11-15)23-20(14-6-2-1-3-7-14)19-17-8-4-5-9-18(17)24-21(19)25/h1-13,21,23-25H,22H2/b20-19-. The minimum absolute atomic E-state index is 0.715. The first kappa shape index (κ1) is 15.3. The lowest BCUT2D eigenvalue weighted by Crippen LogP contribution is -2.16. The summed E-state index contributed by atoms with van der Waals surface area (Å²) in [6, 6.07) is 25.5. The summed E-state index contributed by atoms with van der Waals surface area (Å²) >= 11 is 0. The largest absolute Gasteiger partial charge is 0.399 e. The number of nitrogen functional groups attached to an aromatic ring is 1. The first-order chi connectivity index (χ1) is 12.2. The maximum atomic E-state index is 10.6. The Labute approximate surface area is 146 Å². The van der Waals surface area contributed by atoms with E-state index in [1.807, 2.05) is 78.9 Å². The summed E-state index contributed by atoms with van der Waals surface area (Å²) < 4.78 is 0. The Hall–Kier alpha value is -3.24. The summed E-state index contributed by atoms with van der Waals surface area (Å²) in [6.07, 6.45) is -0.770. The van der Waals surface area contributed by atoms with Crippen molar-refractivity contribution < 1.29 is 5.11 Å². The number of nitrogens with two attached hydrogens (primary N) is 1. The fourth-order valence-corrected chi connectivity index (χ4v) is 3.09. The van der Waals surface area contributed by atoms with Crippen LogP contribution in [0, 0.1) is 0 Å². The number of aliphatic hydroxyl groups excluding tert-OH is 1. The van der Waals surface area contributed by atoms with E-state index >= 15 is 0 Å². The summed E-state index contributed by atoms with van der Waals surface area (Å²) in [4.78, 5) is 0. The van der Waals surface area contributed by atoms with Crippen LogP contribution in [0.4, 0.5) is 17.1 Å². The highest BCUT2D eigenvalue weighted by molar-refractivity contribution is 6.03. The van der Waals surface area contributed by atoms with Crippen LogP contribution in [0.1, 0.15) is 11.1 Å². The molecule has 1 heterocycles. The highest BCUT2D eigenvalue weighted by atomic mass is 16.3. The monoisotopic (exact) mass is 329 g/mol. The number of aliphatic hydroxyl groups is 1. The van der Waals surface area contributed by atoms with Gasteiger partial charge < -0.3 is 21.5 Å². The van der Waals surface area contributed by atoms with Gasteiger partial charge in [0.1, 0.15) is 0 Å². The molecule has 3 aromatic rings. The molecule has 4 rings (SSSR count). The van der Waals surface area contributed by atoms with Crippen molar-refractivity contribution in [1.82, 2.24) is 0 Å². The van der Waals surface area contributed by atoms with E-state index in [0.717, 1.165) is 33.8 Å². The van der Waals surface area contributed by atoms with Gasteiger partial charge in [-0.15, -0.1) is 0 Å². The van der Waals surface area contributed by atoms with Crippen LogP contribution in [0.25, 0.3) is 11.3 Å². The Bertz CT molecular complexity index is 917. The molecule has 25 heavy (non-hydrogen) atoms. The highest BCUT2D eigenvalue weighted by Crippen LogP contribution is 2.39. The smallest absolute Gasteiger partial charge is 0.153 e. The topological polar surface area (TPSA) is 70.3 Å². The second-order valence-electron chi connectivity index (χ2n) is 5.99. The predicted molar refractivity (Wildman–Crippen MR) is 104 cm³/mol. The van der Waals surface area contributed by atoms with Crippen LogP contribution in [-0.4, -0.2) is 11.3 Å². The molecule has 0 saturated carbocycles. The maximum Gasteiger partial charge on any atom is 0.153 e. The van der Waals surface area contributed by atoms with Crippen molar-refractivity contribution in [1.29, 1.82) is 0 Å². The van der Waals surface area contributed by atoms with Crippen molar-refractivity contribution in [2.45, 2.75) is 6.23 Å². The van der Waals surface area contributed by atoms with Crippen molar-refractivity contribution in [2.75, 3.05) is 16.4 Å². The van der Waals surface area contributed by atoms with E-state index in [0.29, 0.717) is 5.69 Å². The van der Waals surface area contributed by atoms with E-state index in [-0.39, 0.29) is 0 Å². The molecule has 0 bridgehead atoms. The molecule has 0 spiro atoms. The van der Waals surface area contributed by atoms with Gasteiger partial charge in [0.2, 0.25) is 0 Å². The summed E-state index contributed by atoms with van der Waals surface area (Å²) in [7, 11) is 0. The molecule has 0 aliphatic carbocycles. The Kier molecular flexibility index (Phi) is 3.88. The molecule has 4 nitrogen and oxygen atoms in total. The first-order valence-electron chi connectivity index (χ1n) is 8.18. The van der Waals surface area contributed by atoms with Crippen LogP contribution in [0.3, 0.4) is 0 Å². The lowest BCUT2D eigenvalue weighted by atomic mass is 9.99. The molecule has 1 atom stereocenters. The van der Waals surface area contributed by atoms with E-state index in [9.17, 15) is 5.11 Å². The van der Waals surface area contributed by atoms with Gasteiger partial charge in [0.05, 0.1) is 5.70 Å². The first-order valence-corrected chi connectivity index (χ1v) is 8.18. The van der Waals surface area contributed by atoms with E-state index < -0.39 is 6.23 Å². The number of anilines is 3. The minimum atomic E-state index is -0.770. The normalized spacial score (nSPS) is 17.6. The fraction of sp³-hybridized carbons (Fsp3) is 0.0476. The Morgan fingerprint density at radius 2 is 1.56 bits per heavy atom. The number of rotatable bonds is 3. The SMILES string of the molecule is Nc1ccc(N/C(=C2/c3ccccc3NC2O)c2ccccc2)cc1. The molecule has 124 valence electrons. The number of hydrogen-bond acceptors (Lipinski definition) is 4. The molecule has 1 aliphatic heterocycles. The van der Waals surface area contributed by atoms with Gasteiger partial charge in [0, 0.05) is 28.2 Å². The third-order valence-electron chi connectivity index (χ3n) is 4.29. The summed E-state index contributed by atoms with van der Waals surface area (Å²) in [6.45, 7) is 0. The van der Waals surface area contributed by atoms with E-state index in [1.165, 1.54) is 0 Å². The van der Waals surface area contributed by atoms with Crippen molar-refractivity contribution in [2.24, 2.45) is 0 Å². The lowest BCUT2D eigenvalue weighted by molar-refractivity contribution is 0.266. The molecule has 5 N–H and O–H groups in total. The number of benzene rings is 3. The van der Waals surface area contributed by atoms with Crippen molar-refractivity contribution in [3.63, 3.8) is 0 Å². The zero-order valence-corrected chi connectivity index (χ0v) is 13.6. The summed E-state index contributed by atoms with van der Waals surface area (Å²) in [5, 5.41) is 17.2. The molecule has 3 aromatic carbocycles. The Morgan fingerprint density at radius 3 is 2.32 bits per heavy atom. The second-order valence-corrected chi connectivity index (χ2v) is 5.99. The molecule has 0 amide bonds. The maximum absolute atomic E-state index is 10.6. The van der Waals surface area contributed by atoms with Crippen LogP contribution >= 0.6 is 0 Å². The molecule has 0 fully saturated rings. The minimum Gasteiger partial charge on any atom is -0.399 e. The van der Waals surface area contributed by atoms with Crippen molar-refractivity contribution in [3.05, 3.63) is 90.0 Å². The number of fused-ring (bicyclic) bond motifs is 1. The van der Waals surface area contributed by atoms with Gasteiger partial charge >= 0.3 is 0 Å². The van der Waals surface area contributed by atoms with Crippen LogP contribution < -0.4 is 16.4 Å². The van der Waals surface area contributed by atoms with Gasteiger partial charge in [0.25, 0.3) is 0 Å². The molecule has 0 aromatic heterocycles. The molecule has 1 unspecified atom stereocenters. The predicted octanol–water partition coefficient (Wildman–Crippen LogP) is 3.99. The molecule has 0 saturated heterocycles. The van der Waals surface area contributed by atoms with Gasteiger partial charge in [-0.05, 0) is 35.9 Å². The van der Waals surface area contributed by atoms with E-state index in [1.54, 1.807) is 0 Å². The lowest BCUT2D eigenvalue weighted by Gasteiger charge is -2.17. The third kappa shape index (κ3) is 2.95. The van der Waals surface area contributed by atoms with Gasteiger partial charge in [-0.25, -0.2) is 0 Å². The number of nitrogens with one attached hydrogen (secondary N) is 2. The molecule has 4 heteroatoms. The van der Waals surface area contributed by atoms with Gasteiger partial charge in [-0.2, -0.15) is 0 Å². The average Bonchev–Trinajstić information content (AvgIpc) is 2.98. The zero-order valence-electron chi connectivity index (χ0n) is 13.6. The zero-order chi connectivity index (χ0) is 17.2. The van der Waals surface area contributed by atoms with Crippen molar-refractivity contribution >= 4 is 28.3 Å². The van der Waals surface area contributed by atoms with Crippen LogP contribution in [0.5, 0.6) is 0 Å². The quantitative estimate of drug-likeness (QED) is 0.548. The summed E-state index contributed by atoms with van der Waals surface area (Å²) in [5.41, 5.74) is 12.0. The highest BCUT2D eigenvalue weighted by Gasteiger charge is 2.28. The second kappa shape index (κ2) is 6.34. The number of hydrogen-bond donors (Lipinski definition) is 4. The van der Waals surface area contributed by atoms with E-state index in [2.05, 4.69) is 10.6 Å². The van der Waals surface area contributed by atoms with Crippen molar-refractivity contribution in [3.8, 4) is 0 Å². The molecular weight excluding hydrogens is 310 g/mol. The van der Waals surface area contributed by atoms with E-state index in [4.69, 9.17) is 5.73 Å². The average molecular weight is 329 g/mol. The summed E-state index contributed by atoms with van der Waals surface area (Å²) in [5.74, 6) is 0. The third-order valence-corrected chi connectivity index (χ3v) is 4.29. The molecule has 1 aliphatic rings. The van der Waals surface area contributed by atoms with Crippen LogP contribution in [-0.2, 0) is 0 Å². The van der Waals surface area contributed by atoms with Crippen LogP contribution in [0.15, 0.2) is 78.9 Å². The van der Waals surface area contributed by atoms with Gasteiger partial charge in [-0.1, -0.05) is 48.5 Å². The molecular formula is C21H19N3O. The Morgan fingerprint density at radius 1 is 0.880 bits per heavy atom. The van der Waals surface area contributed by atoms with Gasteiger partial charge in [-0.3, -0.25) is 0 Å². The number of para-hydroxylation sites is 1. The fourth-order valence-electron chi connectivity index (χ4n) is 3.09. The van der Waals surface area contributed by atoms with Gasteiger partial charge in [0.15, 0.2) is 6.23 Å².